The molecule has 0 spiro atoms. The van der Waals surface area contributed by atoms with Crippen LogP contribution < -0.4 is 0 Å². The molecule has 5 heteroatoms. The maximum atomic E-state index is 12.3. The largest absolute Gasteiger partial charge is 0.462 e. The van der Waals surface area contributed by atoms with E-state index in [1.54, 1.807) is 0 Å². The normalized spacial score (nSPS) is 13.7. The van der Waals surface area contributed by atoms with Gasteiger partial charge in [0.2, 0.25) is 0 Å². The molecular weight excluding hydrogens is 789 g/mol. The predicted molar refractivity (Wildman–Crippen MR) is 278 cm³/mol. The van der Waals surface area contributed by atoms with Gasteiger partial charge in [0.25, 0.3) is 0 Å². The molecule has 0 rings (SSSR count). The molecule has 0 radical (unpaired) electrons. The van der Waals surface area contributed by atoms with Crippen molar-refractivity contribution in [2.75, 3.05) is 13.2 Å². The minimum Gasteiger partial charge on any atom is -0.462 e. The molecule has 0 bridgehead atoms. The van der Waals surface area contributed by atoms with Crippen molar-refractivity contribution in [3.63, 3.8) is 0 Å². The fourth-order valence-corrected chi connectivity index (χ4v) is 5.86. The van der Waals surface area contributed by atoms with Gasteiger partial charge in [0.05, 0.1) is 6.61 Å². The monoisotopic (exact) mass is 877 g/mol. The Balaban J connectivity index is 3.75. The Kier molecular flexibility index (Phi) is 48.7. The van der Waals surface area contributed by atoms with Gasteiger partial charge in [-0.2, -0.15) is 0 Å². The maximum absolute atomic E-state index is 12.3. The summed E-state index contributed by atoms with van der Waals surface area (Å²) >= 11 is 0. The average Bonchev–Trinajstić information content (AvgIpc) is 3.30. The second-order valence-electron chi connectivity index (χ2n) is 15.4. The van der Waals surface area contributed by atoms with Crippen LogP contribution in [0.5, 0.6) is 0 Å². The second kappa shape index (κ2) is 52.6. The number of allylic oxidation sites excluding steroid dienone is 28. The molecule has 0 saturated carbocycles. The standard InChI is InChI=1S/C59H88O5/c1-3-5-7-9-11-13-15-17-19-21-23-25-26-27-28-29-30-31-32-34-36-38-40-42-44-46-48-50-52-54-59(62)64-57(55-60)56-63-58(61)53-51-49-47-45-43-41-39-37-35-33-24-22-20-18-16-14-12-10-8-6-4-2/h5-8,11-14,17-20,23-25,27-28,30-31,33-34,36-37,39-40,42-43,45,57,60H,3-4,9-10,15-16,21-22,26,29,32,35,38,41,44,46-56H2,1-2H3/b7-5-,8-6-,13-11-,14-12-,19-17-,20-18-,25-23-,28-27-,31-30-,33-24-,36-34-,39-37-,42-40-,45-43-. The second-order valence-corrected chi connectivity index (χ2v) is 15.4. The molecule has 0 aliphatic rings. The number of esters is 2. The molecular formula is C59H88O5. The highest BCUT2D eigenvalue weighted by molar-refractivity contribution is 5.70. The smallest absolute Gasteiger partial charge is 0.306 e. The quantitative estimate of drug-likeness (QED) is 0.0376. The van der Waals surface area contributed by atoms with Gasteiger partial charge >= 0.3 is 11.9 Å². The van der Waals surface area contributed by atoms with Crippen molar-refractivity contribution in [1.82, 2.24) is 0 Å². The molecule has 1 unspecified atom stereocenters. The lowest BCUT2D eigenvalue weighted by molar-refractivity contribution is -0.161. The molecule has 0 heterocycles. The van der Waals surface area contributed by atoms with E-state index < -0.39 is 6.10 Å². The van der Waals surface area contributed by atoms with Gasteiger partial charge in [0.1, 0.15) is 6.61 Å². The zero-order chi connectivity index (χ0) is 46.3. The number of aliphatic hydroxyl groups excluding tert-OH is 1. The Morgan fingerprint density at radius 3 is 0.953 bits per heavy atom. The van der Waals surface area contributed by atoms with Crippen LogP contribution in [0.4, 0.5) is 0 Å². The molecule has 1 atom stereocenters. The number of aliphatic hydroxyl groups is 1. The van der Waals surface area contributed by atoms with Crippen LogP contribution in [0.25, 0.3) is 0 Å². The van der Waals surface area contributed by atoms with Crippen molar-refractivity contribution in [2.24, 2.45) is 0 Å². The Morgan fingerprint density at radius 1 is 0.359 bits per heavy atom. The molecule has 0 aromatic heterocycles. The molecule has 0 aromatic carbocycles. The van der Waals surface area contributed by atoms with Crippen molar-refractivity contribution in [3.8, 4) is 0 Å². The summed E-state index contributed by atoms with van der Waals surface area (Å²) in [5.41, 5.74) is 0. The van der Waals surface area contributed by atoms with E-state index in [1.165, 1.54) is 0 Å². The molecule has 0 aliphatic carbocycles. The van der Waals surface area contributed by atoms with Crippen molar-refractivity contribution < 1.29 is 24.2 Å². The molecule has 0 fully saturated rings. The summed E-state index contributed by atoms with van der Waals surface area (Å²) in [4.78, 5) is 24.4. The van der Waals surface area contributed by atoms with Crippen molar-refractivity contribution >= 4 is 11.9 Å². The minimum absolute atomic E-state index is 0.113. The van der Waals surface area contributed by atoms with Gasteiger partial charge in [-0.25, -0.2) is 0 Å². The lowest BCUT2D eigenvalue weighted by atomic mass is 10.1. The molecule has 0 aromatic rings. The number of rotatable bonds is 42. The first-order chi connectivity index (χ1) is 31.6. The molecule has 0 aliphatic heterocycles. The average molecular weight is 877 g/mol. The summed E-state index contributed by atoms with van der Waals surface area (Å²) < 4.78 is 10.6. The van der Waals surface area contributed by atoms with Crippen LogP contribution in [0.15, 0.2) is 170 Å². The van der Waals surface area contributed by atoms with Crippen LogP contribution in [0.1, 0.15) is 168 Å². The number of hydrogen-bond acceptors (Lipinski definition) is 5. The van der Waals surface area contributed by atoms with E-state index in [1.807, 2.05) is 0 Å². The molecule has 0 saturated heterocycles. The third-order valence-corrected chi connectivity index (χ3v) is 9.51. The number of hydrogen-bond donors (Lipinski definition) is 1. The highest BCUT2D eigenvalue weighted by Crippen LogP contribution is 2.09. The third kappa shape index (κ3) is 49.9. The van der Waals surface area contributed by atoms with Crippen LogP contribution >= 0.6 is 0 Å². The van der Waals surface area contributed by atoms with Gasteiger partial charge in [-0.15, -0.1) is 0 Å². The van der Waals surface area contributed by atoms with E-state index in [9.17, 15) is 14.7 Å². The lowest BCUT2D eigenvalue weighted by Crippen LogP contribution is -2.28. The lowest BCUT2D eigenvalue weighted by Gasteiger charge is -2.15. The highest BCUT2D eigenvalue weighted by atomic mass is 16.6. The minimum atomic E-state index is -0.819. The van der Waals surface area contributed by atoms with Crippen molar-refractivity contribution in [3.05, 3.63) is 170 Å². The molecule has 5 nitrogen and oxygen atoms in total. The first kappa shape index (κ1) is 59.3. The van der Waals surface area contributed by atoms with Crippen LogP contribution in [-0.4, -0.2) is 36.4 Å². The third-order valence-electron chi connectivity index (χ3n) is 9.51. The summed E-state index contributed by atoms with van der Waals surface area (Å²) in [6.07, 6.45) is 82.9. The SMILES string of the molecule is CC/C=C\C/C=C\C/C=C\C/C=C\C/C=C\C/C=C\C/C=C\C/C=C\CCCCCCC(=O)OC(CO)COC(=O)CCCC/C=C\C/C=C\C/C=C\C/C=C\C/C=C\C/C=C\CC. The Labute approximate surface area is 392 Å². The summed E-state index contributed by atoms with van der Waals surface area (Å²) in [5, 5.41) is 9.61. The number of unbranched alkanes of at least 4 members (excludes halogenated alkanes) is 6. The topological polar surface area (TPSA) is 72.8 Å². The van der Waals surface area contributed by atoms with Crippen LogP contribution in [0.3, 0.4) is 0 Å². The van der Waals surface area contributed by atoms with Gasteiger partial charge < -0.3 is 14.6 Å². The Hall–Kier alpha value is -4.74. The fourth-order valence-electron chi connectivity index (χ4n) is 5.86. The van der Waals surface area contributed by atoms with E-state index in [0.29, 0.717) is 12.8 Å². The highest BCUT2D eigenvalue weighted by Gasteiger charge is 2.16. The van der Waals surface area contributed by atoms with Crippen LogP contribution in [0.2, 0.25) is 0 Å². The zero-order valence-electron chi connectivity index (χ0n) is 40.2. The molecule has 64 heavy (non-hydrogen) atoms. The van der Waals surface area contributed by atoms with E-state index in [0.717, 1.165) is 141 Å². The number of carbonyl (C=O) groups is 2. The fraction of sp³-hybridized carbons (Fsp3) is 0.492. The van der Waals surface area contributed by atoms with Gasteiger partial charge in [-0.1, -0.05) is 197 Å². The first-order valence-electron chi connectivity index (χ1n) is 24.7. The van der Waals surface area contributed by atoms with E-state index in [4.69, 9.17) is 9.47 Å². The molecule has 354 valence electrons. The molecule has 0 amide bonds. The summed E-state index contributed by atoms with van der Waals surface area (Å²) in [5.74, 6) is -0.689. The zero-order valence-corrected chi connectivity index (χ0v) is 40.2. The first-order valence-corrected chi connectivity index (χ1v) is 24.7. The summed E-state index contributed by atoms with van der Waals surface area (Å²) in [6.45, 7) is 3.83. The summed E-state index contributed by atoms with van der Waals surface area (Å²) in [7, 11) is 0. The molecule has 1 N–H and O–H groups in total. The van der Waals surface area contributed by atoms with E-state index in [-0.39, 0.29) is 25.2 Å². The number of ether oxygens (including phenoxy) is 2. The number of carbonyl (C=O) groups excluding carboxylic acids is 2. The van der Waals surface area contributed by atoms with E-state index in [2.05, 4.69) is 184 Å². The van der Waals surface area contributed by atoms with Crippen LogP contribution in [-0.2, 0) is 19.1 Å². The summed E-state index contributed by atoms with van der Waals surface area (Å²) in [6, 6.07) is 0. The van der Waals surface area contributed by atoms with Gasteiger partial charge in [0.15, 0.2) is 6.10 Å². The van der Waals surface area contributed by atoms with E-state index >= 15 is 0 Å². The van der Waals surface area contributed by atoms with Crippen molar-refractivity contribution in [1.29, 1.82) is 0 Å². The Morgan fingerprint density at radius 2 is 0.625 bits per heavy atom. The van der Waals surface area contributed by atoms with Crippen molar-refractivity contribution in [2.45, 2.75) is 174 Å². The van der Waals surface area contributed by atoms with Gasteiger partial charge in [0, 0.05) is 12.8 Å². The van der Waals surface area contributed by atoms with Gasteiger partial charge in [-0.3, -0.25) is 9.59 Å². The Bertz CT molecular complexity index is 1500. The van der Waals surface area contributed by atoms with Crippen LogP contribution in [0, 0.1) is 0 Å². The maximum Gasteiger partial charge on any atom is 0.306 e. The van der Waals surface area contributed by atoms with Gasteiger partial charge in [-0.05, 0) is 128 Å². The predicted octanol–water partition coefficient (Wildman–Crippen LogP) is 16.6.